The average molecular weight is 381 g/mol. The third-order valence-electron chi connectivity index (χ3n) is 4.77. The van der Waals surface area contributed by atoms with Crippen LogP contribution in [-0.2, 0) is 12.8 Å². The van der Waals surface area contributed by atoms with E-state index in [4.69, 9.17) is 23.3 Å². The Morgan fingerprint density at radius 1 is 0.963 bits per heavy atom. The highest BCUT2D eigenvalue weighted by Crippen LogP contribution is 2.51. The monoisotopic (exact) mass is 381 g/mol. The lowest BCUT2D eigenvalue weighted by Crippen LogP contribution is -2.07. The SMILES string of the molecule is CCc1ccc(C2=Nc3cc4c(cc3C(c3ccc(CC)o3)S2)OCO4)o1. The predicted octanol–water partition coefficient (Wildman–Crippen LogP) is 5.64. The molecule has 1 aromatic carbocycles. The van der Waals surface area contributed by atoms with Gasteiger partial charge in [0.15, 0.2) is 17.3 Å². The van der Waals surface area contributed by atoms with Crippen molar-refractivity contribution < 1.29 is 18.3 Å². The van der Waals surface area contributed by atoms with Crippen molar-refractivity contribution in [2.24, 2.45) is 4.99 Å². The summed E-state index contributed by atoms with van der Waals surface area (Å²) in [6, 6.07) is 12.0. The quantitative estimate of drug-likeness (QED) is 0.585. The molecule has 0 spiro atoms. The Morgan fingerprint density at radius 3 is 2.44 bits per heavy atom. The van der Waals surface area contributed by atoms with Crippen molar-refractivity contribution in [3.05, 3.63) is 65.0 Å². The molecular weight excluding hydrogens is 362 g/mol. The molecule has 2 aliphatic heterocycles. The zero-order valence-electron chi connectivity index (χ0n) is 15.2. The second kappa shape index (κ2) is 6.53. The first-order valence-corrected chi connectivity index (χ1v) is 9.99. The highest BCUT2D eigenvalue weighted by Gasteiger charge is 2.32. The number of hydrogen-bond acceptors (Lipinski definition) is 6. The summed E-state index contributed by atoms with van der Waals surface area (Å²) in [5.74, 6) is 5.10. The fourth-order valence-corrected chi connectivity index (χ4v) is 4.46. The minimum absolute atomic E-state index is 0.0162. The number of aryl methyl sites for hydroxylation is 2. The van der Waals surface area contributed by atoms with Gasteiger partial charge in [0.1, 0.15) is 22.3 Å². The van der Waals surface area contributed by atoms with E-state index in [1.165, 1.54) is 0 Å². The summed E-state index contributed by atoms with van der Waals surface area (Å²) in [7, 11) is 0. The van der Waals surface area contributed by atoms with Crippen molar-refractivity contribution >= 4 is 22.5 Å². The summed E-state index contributed by atoms with van der Waals surface area (Å²) in [5.41, 5.74) is 1.93. The van der Waals surface area contributed by atoms with E-state index in [-0.39, 0.29) is 12.0 Å². The van der Waals surface area contributed by atoms with Crippen LogP contribution < -0.4 is 9.47 Å². The minimum Gasteiger partial charge on any atom is -0.465 e. The van der Waals surface area contributed by atoms with Crippen LogP contribution in [0.25, 0.3) is 0 Å². The van der Waals surface area contributed by atoms with Crippen molar-refractivity contribution in [1.82, 2.24) is 0 Å². The predicted molar refractivity (Wildman–Crippen MR) is 104 cm³/mol. The lowest BCUT2D eigenvalue weighted by atomic mass is 10.1. The Balaban J connectivity index is 1.63. The van der Waals surface area contributed by atoms with Gasteiger partial charge in [0.25, 0.3) is 0 Å². The first-order valence-electron chi connectivity index (χ1n) is 9.11. The van der Waals surface area contributed by atoms with E-state index >= 15 is 0 Å². The first-order chi connectivity index (χ1) is 13.2. The van der Waals surface area contributed by atoms with E-state index < -0.39 is 0 Å². The highest BCUT2D eigenvalue weighted by molar-refractivity contribution is 8.14. The Kier molecular flexibility index (Phi) is 4.01. The van der Waals surface area contributed by atoms with Crippen LogP contribution in [0.5, 0.6) is 11.5 Å². The van der Waals surface area contributed by atoms with Crippen LogP contribution in [0.15, 0.2) is 50.2 Å². The Bertz CT molecular complexity index is 1030. The zero-order chi connectivity index (χ0) is 18.4. The van der Waals surface area contributed by atoms with Crippen molar-refractivity contribution in [3.8, 4) is 11.5 Å². The van der Waals surface area contributed by atoms with Gasteiger partial charge in [0, 0.05) is 24.5 Å². The Hall–Kier alpha value is -2.60. The number of aliphatic imine (C=N–C) groups is 1. The summed E-state index contributed by atoms with van der Waals surface area (Å²) in [6.45, 7) is 4.41. The molecule has 0 fully saturated rings. The lowest BCUT2D eigenvalue weighted by Gasteiger charge is -2.22. The molecule has 0 N–H and O–H groups in total. The van der Waals surface area contributed by atoms with E-state index in [2.05, 4.69) is 13.8 Å². The molecule has 0 bridgehead atoms. The third kappa shape index (κ3) is 2.84. The van der Waals surface area contributed by atoms with Crippen LogP contribution in [0.2, 0.25) is 0 Å². The highest BCUT2D eigenvalue weighted by atomic mass is 32.2. The topological polar surface area (TPSA) is 57.1 Å². The lowest BCUT2D eigenvalue weighted by molar-refractivity contribution is 0.174. The second-order valence-electron chi connectivity index (χ2n) is 6.46. The Morgan fingerprint density at radius 2 is 1.70 bits per heavy atom. The average Bonchev–Trinajstić information content (AvgIpc) is 3.45. The van der Waals surface area contributed by atoms with E-state index in [9.17, 15) is 0 Å². The molecule has 4 heterocycles. The van der Waals surface area contributed by atoms with Crippen LogP contribution in [-0.4, -0.2) is 11.8 Å². The van der Waals surface area contributed by atoms with Gasteiger partial charge >= 0.3 is 0 Å². The minimum atomic E-state index is -0.0162. The molecule has 1 atom stereocenters. The van der Waals surface area contributed by atoms with E-state index in [0.717, 1.165) is 63.7 Å². The summed E-state index contributed by atoms with van der Waals surface area (Å²) < 4.78 is 23.2. The molecule has 5 nitrogen and oxygen atoms in total. The molecule has 6 heteroatoms. The molecule has 1 unspecified atom stereocenters. The number of ether oxygens (including phenoxy) is 2. The van der Waals surface area contributed by atoms with Crippen molar-refractivity contribution in [2.45, 2.75) is 31.9 Å². The normalized spacial score (nSPS) is 17.7. The molecule has 27 heavy (non-hydrogen) atoms. The van der Waals surface area contributed by atoms with Gasteiger partial charge in [-0.3, -0.25) is 0 Å². The van der Waals surface area contributed by atoms with Crippen LogP contribution in [0.3, 0.4) is 0 Å². The second-order valence-corrected chi connectivity index (χ2v) is 7.55. The number of rotatable bonds is 4. The summed E-state index contributed by atoms with van der Waals surface area (Å²) >= 11 is 1.64. The molecule has 5 rings (SSSR count). The van der Waals surface area contributed by atoms with Gasteiger partial charge in [-0.05, 0) is 30.3 Å². The standard InChI is InChI=1S/C21H19NO4S/c1-3-12-5-7-16(25-12)20-14-9-18-19(24-11-23-18)10-15(14)22-21(27-20)17-8-6-13(4-2)26-17/h5-10,20H,3-4,11H2,1-2H3. The summed E-state index contributed by atoms with van der Waals surface area (Å²) in [6.07, 6.45) is 1.72. The molecule has 138 valence electrons. The van der Waals surface area contributed by atoms with Crippen LogP contribution >= 0.6 is 11.8 Å². The van der Waals surface area contributed by atoms with Crippen LogP contribution in [0, 0.1) is 0 Å². The summed E-state index contributed by atoms with van der Waals surface area (Å²) in [4.78, 5) is 4.85. The van der Waals surface area contributed by atoms with Crippen LogP contribution in [0.4, 0.5) is 5.69 Å². The van der Waals surface area contributed by atoms with Crippen molar-refractivity contribution in [3.63, 3.8) is 0 Å². The maximum atomic E-state index is 6.08. The fraction of sp³-hybridized carbons (Fsp3) is 0.286. The van der Waals surface area contributed by atoms with Crippen molar-refractivity contribution in [2.75, 3.05) is 6.79 Å². The van der Waals surface area contributed by atoms with Crippen molar-refractivity contribution in [1.29, 1.82) is 0 Å². The molecule has 2 aliphatic rings. The van der Waals surface area contributed by atoms with Gasteiger partial charge in [-0.2, -0.15) is 0 Å². The Labute approximate surface area is 161 Å². The zero-order valence-corrected chi connectivity index (χ0v) is 16.0. The first kappa shape index (κ1) is 16.6. The molecule has 0 saturated carbocycles. The van der Waals surface area contributed by atoms with Gasteiger partial charge in [-0.15, -0.1) is 0 Å². The number of fused-ring (bicyclic) bond motifs is 2. The molecule has 3 aromatic rings. The molecule has 2 aromatic heterocycles. The van der Waals surface area contributed by atoms with Gasteiger partial charge in [0.2, 0.25) is 6.79 Å². The van der Waals surface area contributed by atoms with Gasteiger partial charge < -0.3 is 18.3 Å². The molecule has 0 saturated heterocycles. The summed E-state index contributed by atoms with van der Waals surface area (Å²) in [5, 5.41) is 0.831. The molecule has 0 amide bonds. The maximum Gasteiger partial charge on any atom is 0.231 e. The number of nitrogens with zero attached hydrogens (tertiary/aromatic N) is 1. The third-order valence-corrected chi connectivity index (χ3v) is 6.00. The number of furan rings is 2. The molecular formula is C21H19NO4S. The number of benzene rings is 1. The maximum absolute atomic E-state index is 6.08. The van der Waals surface area contributed by atoms with E-state index in [0.29, 0.717) is 0 Å². The van der Waals surface area contributed by atoms with E-state index in [1.54, 1.807) is 11.8 Å². The fourth-order valence-electron chi connectivity index (χ4n) is 3.30. The number of thioether (sulfide) groups is 1. The largest absolute Gasteiger partial charge is 0.465 e. The molecule has 0 aliphatic carbocycles. The number of hydrogen-bond donors (Lipinski definition) is 0. The van der Waals surface area contributed by atoms with Gasteiger partial charge in [-0.25, -0.2) is 4.99 Å². The smallest absolute Gasteiger partial charge is 0.231 e. The molecule has 0 radical (unpaired) electrons. The van der Waals surface area contributed by atoms with Crippen LogP contribution in [0.1, 0.15) is 47.7 Å². The van der Waals surface area contributed by atoms with Gasteiger partial charge in [-0.1, -0.05) is 25.6 Å². The van der Waals surface area contributed by atoms with Gasteiger partial charge in [0.05, 0.1) is 10.9 Å². The van der Waals surface area contributed by atoms with E-state index in [1.807, 2.05) is 36.4 Å².